The van der Waals surface area contributed by atoms with Gasteiger partial charge in [-0.2, -0.15) is 12.8 Å². The predicted octanol–water partition coefficient (Wildman–Crippen LogP) is 4.37. The molecule has 1 N–H and O–H groups in total. The number of rotatable bonds is 4. The van der Waals surface area contributed by atoms with E-state index in [0.717, 1.165) is 11.3 Å². The van der Waals surface area contributed by atoms with E-state index in [-0.39, 0.29) is 22.1 Å². The summed E-state index contributed by atoms with van der Waals surface area (Å²) in [6.45, 7) is 1.96. The molecule has 29 heavy (non-hydrogen) atoms. The molecule has 0 unspecified atom stereocenters. The Bertz CT molecular complexity index is 1260. The fourth-order valence-electron chi connectivity index (χ4n) is 3.15. The highest BCUT2D eigenvalue weighted by atomic mass is 32.2. The van der Waals surface area contributed by atoms with E-state index in [9.17, 15) is 13.2 Å². The van der Waals surface area contributed by atoms with Crippen molar-refractivity contribution in [2.75, 3.05) is 5.32 Å². The Morgan fingerprint density at radius 1 is 0.828 bits per heavy atom. The van der Waals surface area contributed by atoms with Crippen LogP contribution >= 0.6 is 0 Å². The molecule has 0 saturated carbocycles. The van der Waals surface area contributed by atoms with Gasteiger partial charge in [0.1, 0.15) is 0 Å². The van der Waals surface area contributed by atoms with Crippen molar-refractivity contribution in [2.45, 2.75) is 11.8 Å². The molecular weight excluding hydrogens is 384 g/mol. The van der Waals surface area contributed by atoms with E-state index in [2.05, 4.69) is 9.71 Å². The fraction of sp³-hybridized carbons (Fsp3) is 0.0435. The third kappa shape index (κ3) is 3.88. The van der Waals surface area contributed by atoms with Crippen LogP contribution < -0.4 is 5.32 Å². The monoisotopic (exact) mass is 402 g/mol. The predicted molar refractivity (Wildman–Crippen MR) is 114 cm³/mol. The van der Waals surface area contributed by atoms with E-state index >= 15 is 0 Å². The third-order valence-electron chi connectivity index (χ3n) is 4.53. The summed E-state index contributed by atoms with van der Waals surface area (Å²) in [5.41, 5.74) is 3.18. The number of aryl methyl sites for hydroxylation is 1. The highest BCUT2D eigenvalue weighted by molar-refractivity contribution is 7.90. The summed E-state index contributed by atoms with van der Waals surface area (Å²) < 4.78 is 29.6. The molecule has 0 heterocycles. The number of fused-ring (bicyclic) bond motifs is 1. The molecular formula is C23H18N2O3S. The number of nitrogens with zero attached hydrogens (tertiary/aromatic N) is 1. The first kappa shape index (κ1) is 18.8. The van der Waals surface area contributed by atoms with Gasteiger partial charge in [-0.1, -0.05) is 54.6 Å². The van der Waals surface area contributed by atoms with Crippen molar-refractivity contribution in [1.82, 2.24) is 0 Å². The van der Waals surface area contributed by atoms with Crippen molar-refractivity contribution in [3.8, 4) is 0 Å². The van der Waals surface area contributed by atoms with Crippen molar-refractivity contribution >= 4 is 27.2 Å². The van der Waals surface area contributed by atoms with Crippen LogP contribution in [0.15, 0.2) is 99.9 Å². The van der Waals surface area contributed by atoms with Crippen LogP contribution in [0.2, 0.25) is 0 Å². The minimum atomic E-state index is -3.92. The Kier molecular flexibility index (Phi) is 4.86. The van der Waals surface area contributed by atoms with Crippen LogP contribution in [0.5, 0.6) is 0 Å². The van der Waals surface area contributed by atoms with Crippen LogP contribution in [0.1, 0.15) is 21.5 Å². The molecule has 0 spiro atoms. The molecule has 6 heteroatoms. The number of hydrogen-bond acceptors (Lipinski definition) is 4. The molecule has 144 valence electrons. The molecule has 0 aliphatic heterocycles. The zero-order chi connectivity index (χ0) is 20.4. The number of carbonyl (C=O) groups is 1. The lowest BCUT2D eigenvalue weighted by atomic mass is 9.92. The molecule has 5 nitrogen and oxygen atoms in total. The van der Waals surface area contributed by atoms with Gasteiger partial charge in [-0.05, 0) is 42.8 Å². The van der Waals surface area contributed by atoms with E-state index in [1.807, 2.05) is 31.2 Å². The van der Waals surface area contributed by atoms with Gasteiger partial charge in [0.05, 0.1) is 16.3 Å². The zero-order valence-electron chi connectivity index (χ0n) is 15.7. The second-order valence-electron chi connectivity index (χ2n) is 6.69. The van der Waals surface area contributed by atoms with E-state index in [1.54, 1.807) is 42.5 Å². The quantitative estimate of drug-likeness (QED) is 0.703. The summed E-state index contributed by atoms with van der Waals surface area (Å²) in [6, 6.07) is 22.5. The molecule has 3 aromatic rings. The van der Waals surface area contributed by atoms with Crippen molar-refractivity contribution in [3.05, 3.63) is 107 Å². The molecule has 0 saturated heterocycles. The average Bonchev–Trinajstić information content (AvgIpc) is 2.72. The topological polar surface area (TPSA) is 75.6 Å². The van der Waals surface area contributed by atoms with Gasteiger partial charge in [0.25, 0.3) is 10.0 Å². The Morgan fingerprint density at radius 3 is 2.24 bits per heavy atom. The van der Waals surface area contributed by atoms with E-state index in [1.165, 1.54) is 18.2 Å². The number of anilines is 1. The molecule has 0 amide bonds. The lowest BCUT2D eigenvalue weighted by Crippen LogP contribution is -2.22. The maximum Gasteiger partial charge on any atom is 0.282 e. The first-order chi connectivity index (χ1) is 13.9. The number of carbonyl (C=O) groups excluding carboxylic acids is 1. The number of benzene rings is 3. The molecule has 3 aromatic carbocycles. The molecule has 4 rings (SSSR count). The van der Waals surface area contributed by atoms with E-state index in [4.69, 9.17) is 0 Å². The molecule has 0 bridgehead atoms. The lowest BCUT2D eigenvalue weighted by molar-refractivity contribution is 0.103. The Balaban J connectivity index is 1.82. The third-order valence-corrected chi connectivity index (χ3v) is 5.83. The van der Waals surface area contributed by atoms with Crippen molar-refractivity contribution in [1.29, 1.82) is 0 Å². The number of hydrogen-bond donors (Lipinski definition) is 1. The largest absolute Gasteiger partial charge is 0.352 e. The van der Waals surface area contributed by atoms with Gasteiger partial charge in [0.15, 0.2) is 0 Å². The number of nitrogens with one attached hydrogen (secondary N) is 1. The van der Waals surface area contributed by atoms with Gasteiger partial charge >= 0.3 is 0 Å². The molecule has 0 fully saturated rings. The zero-order valence-corrected chi connectivity index (χ0v) is 16.5. The SMILES string of the molecule is Cc1cccc(NC2=C/C(=N/S(=O)(=O)c3ccccc3)c3ccccc3C2=O)c1. The molecule has 1 aliphatic carbocycles. The van der Waals surface area contributed by atoms with E-state index < -0.39 is 10.0 Å². The van der Waals surface area contributed by atoms with Crippen molar-refractivity contribution < 1.29 is 13.2 Å². The summed E-state index contributed by atoms with van der Waals surface area (Å²) >= 11 is 0. The molecule has 0 radical (unpaired) electrons. The smallest absolute Gasteiger partial charge is 0.282 e. The fourth-order valence-corrected chi connectivity index (χ4v) is 4.17. The average molecular weight is 402 g/mol. The summed E-state index contributed by atoms with van der Waals surface area (Å²) in [6.07, 6.45) is 1.49. The van der Waals surface area contributed by atoms with Gasteiger partial charge in [-0.15, -0.1) is 0 Å². The lowest BCUT2D eigenvalue weighted by Gasteiger charge is -2.19. The molecule has 0 aromatic heterocycles. The maximum atomic E-state index is 13.0. The Labute approximate surface area is 169 Å². The van der Waals surface area contributed by atoms with Gasteiger partial charge < -0.3 is 5.32 Å². The van der Waals surface area contributed by atoms with Crippen molar-refractivity contribution in [2.24, 2.45) is 4.40 Å². The summed E-state index contributed by atoms with van der Waals surface area (Å²) in [4.78, 5) is 13.1. The summed E-state index contributed by atoms with van der Waals surface area (Å²) in [5, 5.41) is 3.10. The first-order valence-electron chi connectivity index (χ1n) is 9.03. The highest BCUT2D eigenvalue weighted by Crippen LogP contribution is 2.25. The van der Waals surface area contributed by atoms with Crippen molar-refractivity contribution in [3.63, 3.8) is 0 Å². The van der Waals surface area contributed by atoms with Gasteiger partial charge in [-0.3, -0.25) is 4.79 Å². The van der Waals surface area contributed by atoms with Crippen LogP contribution in [-0.2, 0) is 10.0 Å². The second-order valence-corrected chi connectivity index (χ2v) is 8.30. The Hall–Kier alpha value is -3.51. The van der Waals surface area contributed by atoms with E-state index in [0.29, 0.717) is 11.1 Å². The summed E-state index contributed by atoms with van der Waals surface area (Å²) in [5.74, 6) is -0.210. The minimum absolute atomic E-state index is 0.100. The number of allylic oxidation sites excluding steroid dienone is 2. The van der Waals surface area contributed by atoms with Crippen LogP contribution in [0, 0.1) is 6.92 Å². The highest BCUT2D eigenvalue weighted by Gasteiger charge is 2.26. The van der Waals surface area contributed by atoms with Gasteiger partial charge in [0, 0.05) is 16.8 Å². The second kappa shape index (κ2) is 7.48. The van der Waals surface area contributed by atoms with Crippen LogP contribution in [-0.4, -0.2) is 19.9 Å². The molecule has 1 aliphatic rings. The molecule has 0 atom stereocenters. The number of Topliss-reactive ketones (excluding diaryl/α,β-unsaturated/α-hetero) is 1. The normalized spacial score (nSPS) is 15.0. The van der Waals surface area contributed by atoms with Crippen LogP contribution in [0.3, 0.4) is 0 Å². The Morgan fingerprint density at radius 2 is 1.52 bits per heavy atom. The standard InChI is InChI=1S/C23H18N2O3S/c1-16-8-7-9-17(14-16)24-22-15-21(19-12-5-6-13-20(19)23(22)26)25-29(27,28)18-10-3-2-4-11-18/h2-15,24H,1H3/b25-21-. The van der Waals surface area contributed by atoms with Gasteiger partial charge in [-0.25, -0.2) is 0 Å². The number of ketones is 1. The minimum Gasteiger partial charge on any atom is -0.352 e. The van der Waals surface area contributed by atoms with Crippen LogP contribution in [0.4, 0.5) is 5.69 Å². The summed E-state index contributed by atoms with van der Waals surface area (Å²) in [7, 11) is -3.92. The van der Waals surface area contributed by atoms with Crippen LogP contribution in [0.25, 0.3) is 0 Å². The van der Waals surface area contributed by atoms with Gasteiger partial charge in [0.2, 0.25) is 5.78 Å². The maximum absolute atomic E-state index is 13.0. The first-order valence-corrected chi connectivity index (χ1v) is 10.5. The number of sulfonamides is 1.